The molecule has 0 rings (SSSR count). The number of quaternary nitrogens is 2. The second-order valence-electron chi connectivity index (χ2n) is 5.98. The highest BCUT2D eigenvalue weighted by Gasteiger charge is 2.77. The Kier molecular flexibility index (Phi) is 3.88. The Bertz CT molecular complexity index is 334. The Hall–Kier alpha value is -1.22. The van der Waals surface area contributed by atoms with Gasteiger partial charge in [0.1, 0.15) is 0 Å². The van der Waals surface area contributed by atoms with Crippen molar-refractivity contribution in [3.05, 3.63) is 0 Å². The topological polar surface area (TPSA) is 115 Å². The average molecular weight is 266 g/mol. The highest BCUT2D eigenvalue weighted by Crippen LogP contribution is 2.35. The molecule has 0 aromatic heterocycles. The van der Waals surface area contributed by atoms with E-state index in [1.165, 1.54) is 42.3 Å². The van der Waals surface area contributed by atoms with Crippen molar-refractivity contribution in [2.75, 3.05) is 42.3 Å². The van der Waals surface area contributed by atoms with E-state index in [9.17, 15) is 30.0 Å². The predicted octanol–water partition coefficient (Wildman–Crippen LogP) is -2.05. The van der Waals surface area contributed by atoms with Crippen LogP contribution in [-0.4, -0.2) is 95.1 Å². The lowest BCUT2D eigenvalue weighted by Crippen LogP contribution is -2.84. The molecule has 2 unspecified atom stereocenters. The summed E-state index contributed by atoms with van der Waals surface area (Å²) in [7, 11) is 7.74. The standard InChI is InChI=1S/C10H20N2O6/c1-11(2,3)9(17,7(13)14)10(18,8(15)16)12(4,5)6/h17-18H,1-6H3/p+2. The first kappa shape index (κ1) is 16.8. The molecular weight excluding hydrogens is 244 g/mol. The van der Waals surface area contributed by atoms with Crippen LogP contribution in [0.1, 0.15) is 0 Å². The Morgan fingerprint density at radius 1 is 0.722 bits per heavy atom. The summed E-state index contributed by atoms with van der Waals surface area (Å²) in [5, 5.41) is 39.2. The van der Waals surface area contributed by atoms with Crippen LogP contribution in [0.5, 0.6) is 0 Å². The zero-order valence-electron chi connectivity index (χ0n) is 11.5. The van der Waals surface area contributed by atoms with Crippen molar-refractivity contribution < 1.29 is 39.0 Å². The minimum atomic E-state index is -2.92. The molecule has 106 valence electrons. The summed E-state index contributed by atoms with van der Waals surface area (Å²) >= 11 is 0. The van der Waals surface area contributed by atoms with E-state index in [1.54, 1.807) is 0 Å². The van der Waals surface area contributed by atoms with E-state index in [0.717, 1.165) is 0 Å². The number of aliphatic carboxylic acids is 2. The van der Waals surface area contributed by atoms with Crippen molar-refractivity contribution in [1.29, 1.82) is 0 Å². The fraction of sp³-hybridized carbons (Fsp3) is 0.800. The summed E-state index contributed by atoms with van der Waals surface area (Å²) in [5.41, 5.74) is -5.84. The minimum Gasteiger partial charge on any atom is -0.474 e. The lowest BCUT2D eigenvalue weighted by molar-refractivity contribution is -1.03. The molecule has 8 nitrogen and oxygen atoms in total. The van der Waals surface area contributed by atoms with E-state index in [-0.39, 0.29) is 0 Å². The lowest BCUT2D eigenvalue weighted by atomic mass is 9.93. The van der Waals surface area contributed by atoms with Crippen molar-refractivity contribution in [1.82, 2.24) is 0 Å². The van der Waals surface area contributed by atoms with Gasteiger partial charge in [-0.05, 0) is 0 Å². The van der Waals surface area contributed by atoms with Gasteiger partial charge in [-0.3, -0.25) is 8.97 Å². The third kappa shape index (κ3) is 1.97. The SMILES string of the molecule is C[N+](C)(C)C(O)(C(=O)O)C(O)(C(=O)O)[N+](C)(C)C. The van der Waals surface area contributed by atoms with Crippen LogP contribution in [0.3, 0.4) is 0 Å². The monoisotopic (exact) mass is 266 g/mol. The molecule has 0 spiro atoms. The predicted molar refractivity (Wildman–Crippen MR) is 61.2 cm³/mol. The first-order valence-corrected chi connectivity index (χ1v) is 5.18. The quantitative estimate of drug-likeness (QED) is 0.336. The van der Waals surface area contributed by atoms with Crippen molar-refractivity contribution in [2.45, 2.75) is 11.4 Å². The van der Waals surface area contributed by atoms with E-state index in [2.05, 4.69) is 0 Å². The smallest absolute Gasteiger partial charge is 0.406 e. The maximum Gasteiger partial charge on any atom is 0.406 e. The highest BCUT2D eigenvalue weighted by molar-refractivity contribution is 5.87. The molecule has 0 radical (unpaired) electrons. The van der Waals surface area contributed by atoms with Gasteiger partial charge in [-0.25, -0.2) is 9.59 Å². The molecule has 0 fully saturated rings. The lowest BCUT2D eigenvalue weighted by Gasteiger charge is -2.49. The van der Waals surface area contributed by atoms with Crippen LogP contribution < -0.4 is 0 Å². The van der Waals surface area contributed by atoms with E-state index in [1.807, 2.05) is 0 Å². The van der Waals surface area contributed by atoms with Crippen molar-refractivity contribution in [2.24, 2.45) is 0 Å². The number of rotatable bonds is 5. The van der Waals surface area contributed by atoms with Crippen LogP contribution >= 0.6 is 0 Å². The second kappa shape index (κ2) is 4.16. The first-order valence-electron chi connectivity index (χ1n) is 5.18. The number of likely N-dealkylation sites (N-methyl/N-ethyl adjacent to an activating group) is 2. The van der Waals surface area contributed by atoms with E-state index in [0.29, 0.717) is 0 Å². The van der Waals surface area contributed by atoms with Crippen LogP contribution in [0.2, 0.25) is 0 Å². The van der Waals surface area contributed by atoms with Gasteiger partial charge in [-0.15, -0.1) is 0 Å². The average Bonchev–Trinajstić information content (AvgIpc) is 2.10. The summed E-state index contributed by atoms with van der Waals surface area (Å²) in [6.45, 7) is 0. The normalized spacial score (nSPS) is 19.8. The largest absolute Gasteiger partial charge is 0.474 e. The summed E-state index contributed by atoms with van der Waals surface area (Å²) in [6, 6.07) is 0. The molecule has 0 saturated carbocycles. The fourth-order valence-corrected chi connectivity index (χ4v) is 1.81. The third-order valence-corrected chi connectivity index (χ3v) is 3.02. The Morgan fingerprint density at radius 3 is 0.944 bits per heavy atom. The van der Waals surface area contributed by atoms with Crippen molar-refractivity contribution in [3.8, 4) is 0 Å². The molecule has 8 heteroatoms. The third-order valence-electron chi connectivity index (χ3n) is 3.02. The molecule has 0 aromatic rings. The molecule has 0 aliphatic heterocycles. The zero-order valence-corrected chi connectivity index (χ0v) is 11.5. The molecule has 2 atom stereocenters. The second-order valence-corrected chi connectivity index (χ2v) is 5.98. The van der Waals surface area contributed by atoms with Crippen LogP contribution in [0.25, 0.3) is 0 Å². The first-order chi connectivity index (χ1) is 7.64. The number of hydrogen-bond acceptors (Lipinski definition) is 4. The van der Waals surface area contributed by atoms with Crippen LogP contribution in [0, 0.1) is 0 Å². The summed E-state index contributed by atoms with van der Waals surface area (Å²) in [6.07, 6.45) is 0. The molecule has 18 heavy (non-hydrogen) atoms. The Morgan fingerprint density at radius 2 is 0.889 bits per heavy atom. The van der Waals surface area contributed by atoms with Crippen LogP contribution in [0.4, 0.5) is 0 Å². The number of carboxylic acids is 2. The summed E-state index contributed by atoms with van der Waals surface area (Å²) in [4.78, 5) is 22.7. The molecule has 0 aliphatic rings. The van der Waals surface area contributed by atoms with Crippen molar-refractivity contribution in [3.63, 3.8) is 0 Å². The minimum absolute atomic E-state index is 0.680. The van der Waals surface area contributed by atoms with Gasteiger partial charge >= 0.3 is 23.4 Å². The molecule has 0 saturated heterocycles. The molecule has 0 bridgehead atoms. The zero-order chi connectivity index (χ0) is 15.2. The van der Waals surface area contributed by atoms with Crippen molar-refractivity contribution >= 4 is 11.9 Å². The van der Waals surface area contributed by atoms with Gasteiger partial charge in [0.2, 0.25) is 0 Å². The molecule has 0 aromatic carbocycles. The molecular formula is C10H22N2O6+2. The van der Waals surface area contributed by atoms with Crippen LogP contribution in [-0.2, 0) is 9.59 Å². The number of hydrogen-bond donors (Lipinski definition) is 4. The maximum atomic E-state index is 11.4. The number of nitrogens with zero attached hydrogens (tertiary/aromatic N) is 2. The Balaban J connectivity index is 6.37. The van der Waals surface area contributed by atoms with Gasteiger partial charge in [0.15, 0.2) is 0 Å². The molecule has 0 heterocycles. The van der Waals surface area contributed by atoms with Gasteiger partial charge in [0.05, 0.1) is 42.3 Å². The Labute approximate surface area is 105 Å². The fourth-order valence-electron chi connectivity index (χ4n) is 1.81. The van der Waals surface area contributed by atoms with Gasteiger partial charge in [0.25, 0.3) is 0 Å². The maximum absolute atomic E-state index is 11.4. The molecule has 0 amide bonds. The molecule has 4 N–H and O–H groups in total. The highest BCUT2D eigenvalue weighted by atomic mass is 16.5. The number of carboxylic acid groups (broad SMARTS) is 2. The van der Waals surface area contributed by atoms with E-state index in [4.69, 9.17) is 0 Å². The van der Waals surface area contributed by atoms with Gasteiger partial charge < -0.3 is 20.4 Å². The van der Waals surface area contributed by atoms with Gasteiger partial charge in [0, 0.05) is 0 Å². The van der Waals surface area contributed by atoms with Crippen LogP contribution in [0.15, 0.2) is 0 Å². The summed E-state index contributed by atoms with van der Waals surface area (Å²) < 4.78 is -1.36. The number of carbonyl (C=O) groups is 2. The number of aliphatic hydroxyl groups is 2. The summed E-state index contributed by atoms with van der Waals surface area (Å²) in [5.74, 6) is -3.62. The van der Waals surface area contributed by atoms with Gasteiger partial charge in [-0.2, -0.15) is 0 Å². The van der Waals surface area contributed by atoms with E-state index >= 15 is 0 Å². The molecule has 0 aliphatic carbocycles. The van der Waals surface area contributed by atoms with Gasteiger partial charge in [-0.1, -0.05) is 0 Å². The van der Waals surface area contributed by atoms with E-state index < -0.39 is 32.4 Å².